The molecule has 5 aromatic carbocycles. The molecule has 9 heteroatoms. The lowest BCUT2D eigenvalue weighted by molar-refractivity contribution is 1.25. The van der Waals surface area contributed by atoms with Crippen molar-refractivity contribution >= 4 is 89.6 Å². The molecule has 0 fully saturated rings. The Morgan fingerprint density at radius 3 is 1.06 bits per heavy atom. The van der Waals surface area contributed by atoms with E-state index in [0.717, 1.165) is 64.7 Å². The summed E-state index contributed by atoms with van der Waals surface area (Å²) in [6, 6.07) is 42.5. The Bertz CT molecular complexity index is 2280. The van der Waals surface area contributed by atoms with Crippen LogP contribution >= 0.6 is 34.4 Å². The van der Waals surface area contributed by atoms with Crippen molar-refractivity contribution in [1.29, 1.82) is 0 Å². The highest BCUT2D eigenvalue weighted by atomic mass is 32.1. The van der Waals surface area contributed by atoms with Crippen LogP contribution in [0.2, 0.25) is 0 Å². The van der Waals surface area contributed by atoms with E-state index in [0.29, 0.717) is 11.4 Å². The van der Waals surface area contributed by atoms with Gasteiger partial charge in [0.1, 0.15) is 21.0 Å². The number of nitrogens with zero attached hydrogens (tertiary/aromatic N) is 4. The van der Waals surface area contributed by atoms with Crippen LogP contribution in [0.15, 0.2) is 121 Å². The van der Waals surface area contributed by atoms with Crippen LogP contribution in [0.4, 0.5) is 44.1 Å². The summed E-state index contributed by atoms with van der Waals surface area (Å²) in [5.74, 6) is 0. The van der Waals surface area contributed by atoms with Crippen LogP contribution in [-0.4, -0.2) is 8.75 Å². The lowest BCUT2D eigenvalue weighted by atomic mass is 10.0. The smallest absolute Gasteiger partial charge is 0.116 e. The van der Waals surface area contributed by atoms with Crippen molar-refractivity contribution in [3.63, 3.8) is 0 Å². The Balaban J connectivity index is 1.24. The van der Waals surface area contributed by atoms with Crippen molar-refractivity contribution in [2.45, 2.75) is 27.7 Å². The Morgan fingerprint density at radius 1 is 0.431 bits per heavy atom. The van der Waals surface area contributed by atoms with Crippen LogP contribution in [-0.2, 0) is 0 Å². The molecule has 0 bridgehead atoms. The van der Waals surface area contributed by atoms with Crippen molar-refractivity contribution in [1.82, 2.24) is 8.75 Å². The topological polar surface area (TPSA) is 84.3 Å². The number of para-hydroxylation sites is 4. The first-order chi connectivity index (χ1) is 24.8. The standard InChI is InChI=1S/C42H36N6S3/c1-25-13-5-9-17-29(25)47(30-18-10-6-14-26(30)2)35-23-21-33(49-35)37-39(43)40(44)38(42-41(37)45-51-46-42)34-22-24-36(50-34)48(31-19-11-7-15-27(31)3)32-20-12-8-16-28(32)4/h5-24H,43-44H2,1-4H3. The summed E-state index contributed by atoms with van der Waals surface area (Å²) < 4.78 is 9.65. The van der Waals surface area contributed by atoms with Gasteiger partial charge in [0.05, 0.1) is 23.1 Å². The van der Waals surface area contributed by atoms with Gasteiger partial charge in [-0.15, -0.1) is 22.7 Å². The van der Waals surface area contributed by atoms with Crippen molar-refractivity contribution < 1.29 is 0 Å². The normalized spacial score (nSPS) is 11.3. The highest BCUT2D eigenvalue weighted by molar-refractivity contribution is 7.20. The highest BCUT2D eigenvalue weighted by Crippen LogP contribution is 2.52. The van der Waals surface area contributed by atoms with E-state index >= 15 is 0 Å². The molecular weight excluding hydrogens is 685 g/mol. The lowest BCUT2D eigenvalue weighted by Crippen LogP contribution is -2.11. The second-order valence-electron chi connectivity index (χ2n) is 12.6. The zero-order valence-electron chi connectivity index (χ0n) is 28.7. The van der Waals surface area contributed by atoms with Gasteiger partial charge in [0, 0.05) is 43.6 Å². The molecule has 252 valence electrons. The van der Waals surface area contributed by atoms with Crippen molar-refractivity contribution in [2.24, 2.45) is 0 Å². The molecule has 0 spiro atoms. The van der Waals surface area contributed by atoms with Gasteiger partial charge in [-0.2, -0.15) is 8.75 Å². The largest absolute Gasteiger partial charge is 0.396 e. The first-order valence-electron chi connectivity index (χ1n) is 16.7. The number of nitrogen functional groups attached to an aromatic ring is 2. The average Bonchev–Trinajstić information content (AvgIpc) is 3.92. The molecule has 0 aliphatic rings. The van der Waals surface area contributed by atoms with Crippen LogP contribution < -0.4 is 21.3 Å². The number of aryl methyl sites for hydroxylation is 4. The third-order valence-electron chi connectivity index (χ3n) is 9.33. The van der Waals surface area contributed by atoms with Crippen LogP contribution in [0.3, 0.4) is 0 Å². The second kappa shape index (κ2) is 13.3. The number of hydrogen-bond donors (Lipinski definition) is 2. The van der Waals surface area contributed by atoms with Gasteiger partial charge in [-0.05, 0) is 98.5 Å². The Kier molecular flexibility index (Phi) is 8.55. The monoisotopic (exact) mass is 720 g/mol. The van der Waals surface area contributed by atoms with Crippen LogP contribution in [0.1, 0.15) is 22.3 Å². The highest BCUT2D eigenvalue weighted by Gasteiger charge is 2.26. The molecule has 0 saturated carbocycles. The maximum Gasteiger partial charge on any atom is 0.116 e. The molecule has 0 radical (unpaired) electrons. The minimum absolute atomic E-state index is 0.515. The van der Waals surface area contributed by atoms with E-state index in [9.17, 15) is 0 Å². The summed E-state index contributed by atoms with van der Waals surface area (Å²) in [6.45, 7) is 8.59. The summed E-state index contributed by atoms with van der Waals surface area (Å²) in [6.07, 6.45) is 0. The summed E-state index contributed by atoms with van der Waals surface area (Å²) in [5, 5.41) is 2.14. The third-order valence-corrected chi connectivity index (χ3v) is 12.0. The molecule has 0 saturated heterocycles. The molecule has 0 unspecified atom stereocenters. The van der Waals surface area contributed by atoms with Crippen LogP contribution in [0.5, 0.6) is 0 Å². The number of aromatic nitrogens is 2. The number of fused-ring (bicyclic) bond motifs is 1. The van der Waals surface area contributed by atoms with Gasteiger partial charge in [0.15, 0.2) is 0 Å². The summed E-state index contributed by atoms with van der Waals surface area (Å²) >= 11 is 4.53. The molecule has 0 aliphatic heterocycles. The molecular formula is C42H36N6S3. The van der Waals surface area contributed by atoms with E-state index in [4.69, 9.17) is 20.2 Å². The first kappa shape index (κ1) is 32.7. The van der Waals surface area contributed by atoms with Crippen molar-refractivity contribution in [3.05, 3.63) is 144 Å². The fourth-order valence-corrected chi connectivity index (χ4v) is 9.44. The number of hydrogen-bond acceptors (Lipinski definition) is 9. The van der Waals surface area contributed by atoms with Gasteiger partial charge in [0.2, 0.25) is 0 Å². The third kappa shape index (κ3) is 5.73. The molecule has 3 aromatic heterocycles. The van der Waals surface area contributed by atoms with Gasteiger partial charge in [-0.3, -0.25) is 0 Å². The predicted octanol–water partition coefficient (Wildman–Crippen LogP) is 12.5. The van der Waals surface area contributed by atoms with E-state index in [2.05, 4.69) is 159 Å². The number of benzene rings is 5. The number of rotatable bonds is 8. The molecule has 51 heavy (non-hydrogen) atoms. The molecule has 8 rings (SSSR count). The first-order valence-corrected chi connectivity index (χ1v) is 19.0. The van der Waals surface area contributed by atoms with Crippen molar-refractivity contribution in [3.8, 4) is 20.9 Å². The van der Waals surface area contributed by atoms with Gasteiger partial charge >= 0.3 is 0 Å². The molecule has 8 aromatic rings. The number of nitrogens with two attached hydrogens (primary N) is 2. The molecule has 0 amide bonds. The average molecular weight is 721 g/mol. The Labute approximate surface area is 310 Å². The van der Waals surface area contributed by atoms with E-state index in [1.807, 2.05) is 0 Å². The number of thiophene rings is 2. The maximum atomic E-state index is 7.02. The van der Waals surface area contributed by atoms with E-state index < -0.39 is 0 Å². The molecule has 6 nitrogen and oxygen atoms in total. The van der Waals surface area contributed by atoms with E-state index in [1.54, 1.807) is 22.7 Å². The van der Waals surface area contributed by atoms with E-state index in [1.165, 1.54) is 34.0 Å². The molecule has 0 atom stereocenters. The molecule has 3 heterocycles. The summed E-state index contributed by atoms with van der Waals surface area (Å²) in [4.78, 5) is 6.63. The lowest BCUT2D eigenvalue weighted by Gasteiger charge is -2.27. The van der Waals surface area contributed by atoms with Crippen LogP contribution in [0.25, 0.3) is 31.9 Å². The molecule has 0 aliphatic carbocycles. The van der Waals surface area contributed by atoms with Gasteiger partial charge in [-0.1, -0.05) is 72.8 Å². The zero-order valence-corrected chi connectivity index (χ0v) is 31.2. The van der Waals surface area contributed by atoms with Crippen LogP contribution in [0, 0.1) is 27.7 Å². The fourth-order valence-electron chi connectivity index (χ4n) is 6.70. The minimum atomic E-state index is 0.515. The molecule has 4 N–H and O–H groups in total. The second-order valence-corrected chi connectivity index (χ2v) is 15.3. The minimum Gasteiger partial charge on any atom is -0.396 e. The maximum absolute atomic E-state index is 7.02. The van der Waals surface area contributed by atoms with Gasteiger partial charge in [0.25, 0.3) is 0 Å². The fraction of sp³-hybridized carbons (Fsp3) is 0.0952. The van der Waals surface area contributed by atoms with E-state index in [-0.39, 0.29) is 0 Å². The Morgan fingerprint density at radius 2 is 0.745 bits per heavy atom. The SMILES string of the molecule is Cc1ccccc1N(c1ccc(-c2c(N)c(N)c(-c3ccc(N(c4ccccc4C)c4ccccc4C)s3)c3nsnc23)s1)c1ccccc1C. The predicted molar refractivity (Wildman–Crippen MR) is 221 cm³/mol. The van der Waals surface area contributed by atoms with Gasteiger partial charge in [-0.25, -0.2) is 0 Å². The summed E-state index contributed by atoms with van der Waals surface area (Å²) in [7, 11) is 0. The van der Waals surface area contributed by atoms with Crippen molar-refractivity contribution in [2.75, 3.05) is 21.3 Å². The van der Waals surface area contributed by atoms with Gasteiger partial charge < -0.3 is 21.3 Å². The zero-order chi connectivity index (χ0) is 35.2. The number of anilines is 8. The Hall–Kier alpha value is -5.48. The summed E-state index contributed by atoms with van der Waals surface area (Å²) in [5.41, 5.74) is 27.5. The quantitative estimate of drug-likeness (QED) is 0.152.